The van der Waals surface area contributed by atoms with E-state index in [1.165, 1.54) is 21.3 Å². The van der Waals surface area contributed by atoms with Crippen molar-refractivity contribution in [3.63, 3.8) is 0 Å². The fraction of sp³-hybridized carbons (Fsp3) is 0.429. The second-order valence-corrected chi connectivity index (χ2v) is 15.0. The third-order valence-corrected chi connectivity index (χ3v) is 14.2. The zero-order valence-electron chi connectivity index (χ0n) is 10.2. The predicted octanol–water partition coefficient (Wildman–Crippen LogP) is 4.75. The van der Waals surface area contributed by atoms with Crippen molar-refractivity contribution in [2.45, 2.75) is 36.5 Å². The molecule has 0 bridgehead atoms. The summed E-state index contributed by atoms with van der Waals surface area (Å²) in [5.74, 6) is 0. The number of hydrogen-bond donors (Lipinski definition) is 0. The Morgan fingerprint density at radius 1 is 0.933 bits per heavy atom. The van der Waals surface area contributed by atoms with Gasteiger partial charge in [0.25, 0.3) is 0 Å². The van der Waals surface area contributed by atoms with Gasteiger partial charge in [0, 0.05) is 0 Å². The summed E-state index contributed by atoms with van der Waals surface area (Å²) in [6.45, 7) is 7.09. The quantitative estimate of drug-likeness (QED) is 0.672. The van der Waals surface area contributed by atoms with Crippen LogP contribution in [0.25, 0.3) is 6.08 Å². The first-order valence-corrected chi connectivity index (χ1v) is 11.7. The molecule has 1 rings (SSSR count). The van der Waals surface area contributed by atoms with Gasteiger partial charge in [0.2, 0.25) is 0 Å². The van der Waals surface area contributed by atoms with Crippen molar-refractivity contribution in [3.05, 3.63) is 40.8 Å². The molecule has 0 fully saturated rings. The summed E-state index contributed by atoms with van der Waals surface area (Å²) < 4.78 is 0. The zero-order chi connectivity index (χ0) is 11.1. The van der Waals surface area contributed by atoms with Crippen molar-refractivity contribution < 1.29 is 0 Å². The van der Waals surface area contributed by atoms with Crippen LogP contribution in [0, 0.1) is 0 Å². The molecular formula is C14H22Ge. The van der Waals surface area contributed by atoms with Gasteiger partial charge in [-0.2, -0.15) is 0 Å². The summed E-state index contributed by atoms with van der Waals surface area (Å²) >= 11 is -1.60. The van der Waals surface area contributed by atoms with Crippen molar-refractivity contribution in [2.24, 2.45) is 0 Å². The Morgan fingerprint density at radius 2 is 1.47 bits per heavy atom. The summed E-state index contributed by atoms with van der Waals surface area (Å²) in [6.07, 6.45) is 2.34. The fourth-order valence-corrected chi connectivity index (χ4v) is 7.72. The molecule has 0 aliphatic heterocycles. The van der Waals surface area contributed by atoms with Crippen LogP contribution in [-0.4, -0.2) is 13.3 Å². The molecule has 0 saturated heterocycles. The molecule has 0 unspecified atom stereocenters. The van der Waals surface area contributed by atoms with E-state index in [2.05, 4.69) is 62.1 Å². The van der Waals surface area contributed by atoms with Crippen LogP contribution in [0.5, 0.6) is 0 Å². The summed E-state index contributed by atoms with van der Waals surface area (Å²) in [5, 5.41) is 4.24. The van der Waals surface area contributed by atoms with Gasteiger partial charge in [-0.15, -0.1) is 0 Å². The van der Waals surface area contributed by atoms with Crippen molar-refractivity contribution in [1.82, 2.24) is 0 Å². The topological polar surface area (TPSA) is 0 Å². The average Bonchev–Trinajstić information content (AvgIpc) is 2.33. The minimum absolute atomic E-state index is 1.35. The molecule has 15 heavy (non-hydrogen) atoms. The summed E-state index contributed by atoms with van der Waals surface area (Å²) in [4.78, 5) is 2.58. The molecule has 0 N–H and O–H groups in total. The molecule has 0 saturated carbocycles. The van der Waals surface area contributed by atoms with Crippen molar-refractivity contribution in [2.75, 3.05) is 0 Å². The van der Waals surface area contributed by atoms with Crippen molar-refractivity contribution >= 4 is 19.3 Å². The van der Waals surface area contributed by atoms with E-state index in [1.807, 2.05) is 0 Å². The Kier molecular flexibility index (Phi) is 5.17. The van der Waals surface area contributed by atoms with Crippen LogP contribution in [0.1, 0.15) is 26.3 Å². The molecule has 0 aromatic heterocycles. The third-order valence-electron chi connectivity index (χ3n) is 3.54. The molecule has 1 aromatic carbocycles. The monoisotopic (exact) mass is 264 g/mol. The van der Waals surface area contributed by atoms with E-state index in [9.17, 15) is 0 Å². The van der Waals surface area contributed by atoms with Crippen molar-refractivity contribution in [1.29, 1.82) is 0 Å². The second-order valence-electron chi connectivity index (χ2n) is 4.17. The van der Waals surface area contributed by atoms with Gasteiger partial charge >= 0.3 is 96.7 Å². The normalized spacial score (nSPS) is 12.2. The standard InChI is InChI=1S/C14H22Ge/c1-4-15(5-2,6-3)13-12-14-10-8-7-9-11-14/h7-13H,4-6H2,1-3H3/b13-12-. The molecule has 82 valence electrons. The number of rotatable bonds is 5. The Balaban J connectivity index is 2.79. The zero-order valence-corrected chi connectivity index (χ0v) is 12.3. The van der Waals surface area contributed by atoms with Crippen LogP contribution in [0.4, 0.5) is 0 Å². The van der Waals surface area contributed by atoms with Crippen LogP contribution >= 0.6 is 0 Å². The molecule has 0 aliphatic carbocycles. The Labute approximate surface area is 96.8 Å². The molecule has 0 nitrogen and oxygen atoms in total. The van der Waals surface area contributed by atoms with Gasteiger partial charge in [-0.1, -0.05) is 0 Å². The summed E-state index contributed by atoms with van der Waals surface area (Å²) in [6, 6.07) is 10.7. The van der Waals surface area contributed by atoms with Crippen LogP contribution < -0.4 is 0 Å². The Hall–Kier alpha value is -0.497. The van der Waals surface area contributed by atoms with Crippen LogP contribution in [0.2, 0.25) is 15.8 Å². The van der Waals surface area contributed by atoms with Crippen LogP contribution in [0.15, 0.2) is 35.2 Å². The Bertz CT molecular complexity index is 288. The molecule has 0 amide bonds. The first kappa shape index (κ1) is 12.6. The summed E-state index contributed by atoms with van der Waals surface area (Å²) in [7, 11) is 0. The SMILES string of the molecule is C[CH2][Ge](/[CH]=C\c1ccccc1)([CH2]C)[CH2]C. The average molecular weight is 263 g/mol. The maximum atomic E-state index is 2.58. The van der Waals surface area contributed by atoms with Gasteiger partial charge in [0.05, 0.1) is 0 Å². The fourth-order valence-electron chi connectivity index (χ4n) is 1.94. The summed E-state index contributed by atoms with van der Waals surface area (Å²) in [5.41, 5.74) is 1.35. The molecule has 0 heterocycles. The molecule has 1 aromatic rings. The van der Waals surface area contributed by atoms with E-state index >= 15 is 0 Å². The van der Waals surface area contributed by atoms with Gasteiger partial charge < -0.3 is 0 Å². The maximum absolute atomic E-state index is 2.58. The second kappa shape index (κ2) is 6.17. The van der Waals surface area contributed by atoms with Gasteiger partial charge in [0.1, 0.15) is 0 Å². The van der Waals surface area contributed by atoms with Crippen molar-refractivity contribution in [3.8, 4) is 0 Å². The Morgan fingerprint density at radius 3 is 1.93 bits per heavy atom. The first-order chi connectivity index (χ1) is 7.26. The molecular weight excluding hydrogens is 241 g/mol. The number of hydrogen-bond acceptors (Lipinski definition) is 0. The van der Waals surface area contributed by atoms with Crippen LogP contribution in [-0.2, 0) is 0 Å². The molecule has 1 heteroatoms. The third kappa shape index (κ3) is 3.53. The minimum atomic E-state index is -1.60. The molecule has 0 radical (unpaired) electrons. The predicted molar refractivity (Wildman–Crippen MR) is 72.7 cm³/mol. The van der Waals surface area contributed by atoms with E-state index in [4.69, 9.17) is 0 Å². The number of benzene rings is 1. The molecule has 0 atom stereocenters. The van der Waals surface area contributed by atoms with E-state index in [0.717, 1.165) is 0 Å². The van der Waals surface area contributed by atoms with Crippen LogP contribution in [0.3, 0.4) is 0 Å². The molecule has 0 spiro atoms. The van der Waals surface area contributed by atoms with Gasteiger partial charge in [-0.25, -0.2) is 0 Å². The van der Waals surface area contributed by atoms with Gasteiger partial charge in [-0.3, -0.25) is 0 Å². The van der Waals surface area contributed by atoms with E-state index in [1.54, 1.807) is 0 Å². The van der Waals surface area contributed by atoms with E-state index < -0.39 is 13.3 Å². The van der Waals surface area contributed by atoms with E-state index in [0.29, 0.717) is 0 Å². The van der Waals surface area contributed by atoms with Gasteiger partial charge in [0.15, 0.2) is 0 Å². The van der Waals surface area contributed by atoms with E-state index in [-0.39, 0.29) is 0 Å². The van der Waals surface area contributed by atoms with Gasteiger partial charge in [-0.05, 0) is 0 Å². The molecule has 0 aliphatic rings. The first-order valence-electron chi connectivity index (χ1n) is 6.00.